The smallest absolute Gasteiger partial charge is 0.132 e. The Balaban J connectivity index is 1.68. The van der Waals surface area contributed by atoms with Crippen LogP contribution in [0.3, 0.4) is 0 Å². The number of dihydropyridines is 2. The first-order chi connectivity index (χ1) is 15.4. The van der Waals surface area contributed by atoms with Gasteiger partial charge in [0, 0.05) is 42.0 Å². The summed E-state index contributed by atoms with van der Waals surface area (Å²) in [7, 11) is 0. The first kappa shape index (κ1) is 23.2. The molecule has 3 rings (SSSR count). The molecule has 170 valence electrons. The third kappa shape index (κ3) is 6.05. The van der Waals surface area contributed by atoms with E-state index in [1.54, 1.807) is 12.3 Å². The number of nitrogens with zero attached hydrogens (tertiary/aromatic N) is 2. The molecule has 0 aromatic rings. The largest absolute Gasteiger partial charge is 0.404 e. The van der Waals surface area contributed by atoms with Crippen molar-refractivity contribution in [3.8, 4) is 0 Å². The lowest BCUT2D eigenvalue weighted by molar-refractivity contribution is 0.155. The lowest BCUT2D eigenvalue weighted by Crippen LogP contribution is -2.31. The van der Waals surface area contributed by atoms with Crippen LogP contribution in [0.5, 0.6) is 0 Å². The Hall–Kier alpha value is -3.43. The fourth-order valence-electron chi connectivity index (χ4n) is 3.47. The van der Waals surface area contributed by atoms with E-state index in [-0.39, 0.29) is 12.0 Å². The molecular weight excluding hydrogens is 404 g/mol. The van der Waals surface area contributed by atoms with E-state index in [1.807, 2.05) is 38.3 Å². The Morgan fingerprint density at radius 3 is 2.78 bits per heavy atom. The number of nitrogens with two attached hydrogens (primary N) is 2. The molecular formula is C23H32N8O. The number of aliphatic hydroxyl groups excluding tert-OH is 1. The van der Waals surface area contributed by atoms with Crippen molar-refractivity contribution in [3.63, 3.8) is 0 Å². The Morgan fingerprint density at radius 2 is 2.12 bits per heavy atom. The zero-order chi connectivity index (χ0) is 23.1. The van der Waals surface area contributed by atoms with Gasteiger partial charge in [0.25, 0.3) is 0 Å². The highest BCUT2D eigenvalue weighted by atomic mass is 16.3. The Bertz CT molecular complexity index is 978. The van der Waals surface area contributed by atoms with Gasteiger partial charge in [0.1, 0.15) is 17.9 Å². The summed E-state index contributed by atoms with van der Waals surface area (Å²) in [5.41, 5.74) is 16.1. The van der Waals surface area contributed by atoms with Gasteiger partial charge in [0.15, 0.2) is 0 Å². The second kappa shape index (κ2) is 10.7. The Kier molecular flexibility index (Phi) is 7.80. The van der Waals surface area contributed by atoms with E-state index < -0.39 is 6.23 Å². The number of aliphatic imine (C=N–C) groups is 2. The predicted octanol–water partition coefficient (Wildman–Crippen LogP) is 1.26. The van der Waals surface area contributed by atoms with Crippen molar-refractivity contribution in [1.82, 2.24) is 16.0 Å². The monoisotopic (exact) mass is 436 g/mol. The summed E-state index contributed by atoms with van der Waals surface area (Å²) in [5, 5.41) is 26.7. The molecule has 0 amide bonds. The van der Waals surface area contributed by atoms with Crippen molar-refractivity contribution < 1.29 is 5.11 Å². The molecule has 3 aliphatic heterocycles. The zero-order valence-corrected chi connectivity index (χ0v) is 18.5. The highest BCUT2D eigenvalue weighted by Gasteiger charge is 2.21. The molecule has 3 aliphatic rings. The summed E-state index contributed by atoms with van der Waals surface area (Å²) in [6, 6.07) is 0.181. The molecule has 0 aromatic heterocycles. The summed E-state index contributed by atoms with van der Waals surface area (Å²) in [6.07, 6.45) is 15.1. The van der Waals surface area contributed by atoms with E-state index in [0.29, 0.717) is 18.2 Å². The van der Waals surface area contributed by atoms with Gasteiger partial charge < -0.3 is 32.6 Å². The van der Waals surface area contributed by atoms with Gasteiger partial charge in [0.05, 0.1) is 17.9 Å². The molecule has 0 spiro atoms. The van der Waals surface area contributed by atoms with Crippen LogP contribution < -0.4 is 27.4 Å². The summed E-state index contributed by atoms with van der Waals surface area (Å²) in [5.74, 6) is 1.12. The minimum absolute atomic E-state index is 0.181. The highest BCUT2D eigenvalue weighted by Crippen LogP contribution is 2.22. The first-order valence-corrected chi connectivity index (χ1v) is 10.7. The average Bonchev–Trinajstić information content (AvgIpc) is 3.19. The number of aliphatic hydroxyl groups is 1. The molecule has 2 atom stereocenters. The Morgan fingerprint density at radius 1 is 1.31 bits per heavy atom. The number of fused-ring (bicyclic) bond motifs is 1. The van der Waals surface area contributed by atoms with Gasteiger partial charge in [-0.2, -0.15) is 0 Å². The van der Waals surface area contributed by atoms with E-state index in [4.69, 9.17) is 16.9 Å². The van der Waals surface area contributed by atoms with Gasteiger partial charge in [-0.25, -0.2) is 4.99 Å². The topological polar surface area (TPSA) is 157 Å². The maximum absolute atomic E-state index is 9.56. The molecule has 1 unspecified atom stereocenters. The SMILES string of the molecule is CC(C)C(C=N)=CC(N)=NC1=CC=C2NC=C(C(C=NC[C@H]3CCC(O)N3)=CN)C=C2N1. The molecule has 9 N–H and O–H groups in total. The summed E-state index contributed by atoms with van der Waals surface area (Å²) >= 11 is 0. The van der Waals surface area contributed by atoms with Crippen LogP contribution in [-0.2, 0) is 0 Å². The fourth-order valence-corrected chi connectivity index (χ4v) is 3.47. The molecule has 0 radical (unpaired) electrons. The van der Waals surface area contributed by atoms with Gasteiger partial charge >= 0.3 is 0 Å². The van der Waals surface area contributed by atoms with Crippen LogP contribution in [0.25, 0.3) is 0 Å². The van der Waals surface area contributed by atoms with E-state index in [2.05, 4.69) is 25.9 Å². The minimum Gasteiger partial charge on any atom is -0.404 e. The summed E-state index contributed by atoms with van der Waals surface area (Å²) in [6.45, 7) is 4.59. The second-order valence-corrected chi connectivity index (χ2v) is 8.11. The van der Waals surface area contributed by atoms with Crippen LogP contribution in [0.2, 0.25) is 0 Å². The molecule has 9 heteroatoms. The molecule has 1 saturated heterocycles. The minimum atomic E-state index is -0.436. The molecule has 32 heavy (non-hydrogen) atoms. The van der Waals surface area contributed by atoms with E-state index in [0.717, 1.165) is 41.0 Å². The molecule has 0 aromatic carbocycles. The third-order valence-corrected chi connectivity index (χ3v) is 5.33. The van der Waals surface area contributed by atoms with Gasteiger partial charge in [0.2, 0.25) is 0 Å². The fraction of sp³-hybridized carbons (Fsp3) is 0.348. The number of rotatable bonds is 8. The van der Waals surface area contributed by atoms with Gasteiger partial charge in [-0.3, -0.25) is 10.3 Å². The summed E-state index contributed by atoms with van der Waals surface area (Å²) < 4.78 is 0. The number of hydrogen-bond donors (Lipinski definition) is 7. The number of allylic oxidation sites excluding steroid dienone is 6. The van der Waals surface area contributed by atoms with Crippen LogP contribution in [-0.4, -0.2) is 42.2 Å². The van der Waals surface area contributed by atoms with E-state index in [9.17, 15) is 5.11 Å². The van der Waals surface area contributed by atoms with E-state index >= 15 is 0 Å². The number of nitrogens with one attached hydrogen (secondary N) is 4. The van der Waals surface area contributed by atoms with Crippen molar-refractivity contribution in [2.45, 2.75) is 39.0 Å². The molecule has 1 fully saturated rings. The van der Waals surface area contributed by atoms with Gasteiger partial charge in [-0.1, -0.05) is 13.8 Å². The Labute approximate surface area is 188 Å². The molecule has 0 aliphatic carbocycles. The van der Waals surface area contributed by atoms with Gasteiger partial charge in [-0.15, -0.1) is 0 Å². The number of hydrogen-bond acceptors (Lipinski definition) is 8. The van der Waals surface area contributed by atoms with Crippen LogP contribution >= 0.6 is 0 Å². The van der Waals surface area contributed by atoms with Crippen molar-refractivity contribution >= 4 is 18.3 Å². The van der Waals surface area contributed by atoms with Crippen molar-refractivity contribution in [3.05, 3.63) is 70.6 Å². The van der Waals surface area contributed by atoms with Gasteiger partial charge in [-0.05, 0) is 48.6 Å². The van der Waals surface area contributed by atoms with E-state index in [1.165, 1.54) is 12.4 Å². The maximum Gasteiger partial charge on any atom is 0.132 e. The summed E-state index contributed by atoms with van der Waals surface area (Å²) in [4.78, 5) is 8.91. The normalized spacial score (nSPS) is 24.3. The van der Waals surface area contributed by atoms with Crippen LogP contribution in [0.15, 0.2) is 80.6 Å². The molecule has 3 heterocycles. The lowest BCUT2D eigenvalue weighted by Gasteiger charge is -2.23. The average molecular weight is 437 g/mol. The molecule has 9 nitrogen and oxygen atoms in total. The predicted molar refractivity (Wildman–Crippen MR) is 130 cm³/mol. The van der Waals surface area contributed by atoms with Crippen molar-refractivity contribution in [2.75, 3.05) is 6.54 Å². The van der Waals surface area contributed by atoms with Crippen LogP contribution in [0, 0.1) is 11.3 Å². The van der Waals surface area contributed by atoms with Crippen LogP contribution in [0.1, 0.15) is 26.7 Å². The number of amidine groups is 1. The van der Waals surface area contributed by atoms with Crippen molar-refractivity contribution in [2.24, 2.45) is 27.4 Å². The quantitative estimate of drug-likeness (QED) is 0.224. The maximum atomic E-state index is 9.56. The molecule has 0 saturated carbocycles. The zero-order valence-electron chi connectivity index (χ0n) is 18.5. The molecule has 0 bridgehead atoms. The standard InChI is InChI=1S/C23H32N8O/c1-14(2)15(9-24)8-21(26)31-22-5-4-19-20(30-22)7-16(12-28-19)17(10-25)11-27-13-18-3-6-23(32)29-18/h4-5,7-12,14,18,23-24,28-30,32H,3,6,13,25H2,1-2H3,(H2,26,31)/t18-,23?/m1/s1. The lowest BCUT2D eigenvalue weighted by atomic mass is 10.0. The first-order valence-electron chi connectivity index (χ1n) is 10.7. The second-order valence-electron chi connectivity index (χ2n) is 8.11. The third-order valence-electron chi connectivity index (χ3n) is 5.33. The van der Waals surface area contributed by atoms with Crippen LogP contribution in [0.4, 0.5) is 0 Å². The van der Waals surface area contributed by atoms with Crippen molar-refractivity contribution in [1.29, 1.82) is 5.41 Å². The highest BCUT2D eigenvalue weighted by molar-refractivity contribution is 5.97.